The molecule has 0 fully saturated rings. The van der Waals surface area contributed by atoms with Crippen LogP contribution in [0.25, 0.3) is 5.69 Å². The fourth-order valence-electron chi connectivity index (χ4n) is 3.66. The second-order valence-electron chi connectivity index (χ2n) is 7.80. The molecule has 0 radical (unpaired) electrons. The Bertz CT molecular complexity index is 1340. The molecular weight excluding hydrogens is 469 g/mol. The minimum Gasteiger partial charge on any atom is -0.318 e. The van der Waals surface area contributed by atoms with Gasteiger partial charge in [-0.2, -0.15) is 13.2 Å². The average Bonchev–Trinajstić information content (AvgIpc) is 3.05. The summed E-state index contributed by atoms with van der Waals surface area (Å²) >= 11 is 0. The Morgan fingerprint density at radius 1 is 1.00 bits per heavy atom. The van der Waals surface area contributed by atoms with Crippen molar-refractivity contribution in [3.63, 3.8) is 0 Å². The monoisotopic (exact) mass is 488 g/mol. The molecule has 2 aromatic carbocycles. The smallest absolute Gasteiger partial charge is 0.318 e. The van der Waals surface area contributed by atoms with Gasteiger partial charge in [0.25, 0.3) is 11.4 Å². The number of carbonyl (C=O) groups excluding carboxylic acids is 1. The van der Waals surface area contributed by atoms with E-state index in [1.54, 1.807) is 30.5 Å². The van der Waals surface area contributed by atoms with Crippen molar-refractivity contribution in [1.82, 2.24) is 4.57 Å². The van der Waals surface area contributed by atoms with Gasteiger partial charge in [-0.15, -0.1) is 0 Å². The molecule has 35 heavy (non-hydrogen) atoms. The number of non-ortho nitro benzene ring substituents is 2. The van der Waals surface area contributed by atoms with Gasteiger partial charge in [0.2, 0.25) is 0 Å². The number of halogens is 3. The van der Waals surface area contributed by atoms with Gasteiger partial charge in [-0.05, 0) is 44.5 Å². The Kier molecular flexibility index (Phi) is 6.85. The molecule has 3 rings (SSSR count). The molecule has 1 heterocycles. The topological polar surface area (TPSA) is 121 Å². The van der Waals surface area contributed by atoms with E-state index in [1.807, 2.05) is 0 Å². The lowest BCUT2D eigenvalue weighted by molar-refractivity contribution is -0.394. The first-order valence-electron chi connectivity index (χ1n) is 10.1. The third-order valence-corrected chi connectivity index (χ3v) is 5.37. The van der Waals surface area contributed by atoms with E-state index in [0.29, 0.717) is 22.6 Å². The molecule has 0 aliphatic heterocycles. The number of alkyl halides is 3. The van der Waals surface area contributed by atoms with E-state index < -0.39 is 45.3 Å². The highest BCUT2D eigenvalue weighted by Gasteiger charge is 2.32. The number of Topliss-reactive ketones (excluding diaryl/α,β-unsaturated/α-hetero) is 1. The minimum absolute atomic E-state index is 0.102. The molecule has 0 unspecified atom stereocenters. The van der Waals surface area contributed by atoms with Crippen LogP contribution >= 0.6 is 0 Å². The highest BCUT2D eigenvalue weighted by atomic mass is 19.4. The molecule has 3 aromatic rings. The molecule has 0 aliphatic carbocycles. The number of nitro groups is 2. The zero-order valence-electron chi connectivity index (χ0n) is 18.8. The Hall–Kier alpha value is -4.35. The SMILES string of the molecule is Cc1ccc(-n2c(C)cc(C=NCC(=O)c3cc([N+](=O)[O-])cc([N+](=O)[O-])c3)c2C)cc1C(F)(F)F. The van der Waals surface area contributed by atoms with Crippen molar-refractivity contribution in [2.75, 3.05) is 6.54 Å². The fourth-order valence-corrected chi connectivity index (χ4v) is 3.66. The molecule has 0 spiro atoms. The minimum atomic E-state index is -4.50. The van der Waals surface area contributed by atoms with Crippen LogP contribution in [-0.4, -0.2) is 33.0 Å². The number of ketones is 1. The van der Waals surface area contributed by atoms with Gasteiger partial charge in [-0.25, -0.2) is 0 Å². The third-order valence-electron chi connectivity index (χ3n) is 5.37. The molecular formula is C23H19F3N4O5. The van der Waals surface area contributed by atoms with Gasteiger partial charge in [0.05, 0.1) is 21.5 Å². The van der Waals surface area contributed by atoms with Crippen molar-refractivity contribution >= 4 is 23.4 Å². The average molecular weight is 488 g/mol. The maximum atomic E-state index is 13.3. The molecule has 0 bridgehead atoms. The normalized spacial score (nSPS) is 11.7. The lowest BCUT2D eigenvalue weighted by Gasteiger charge is -2.15. The third kappa shape index (κ3) is 5.42. The van der Waals surface area contributed by atoms with Crippen molar-refractivity contribution < 1.29 is 27.8 Å². The first-order valence-corrected chi connectivity index (χ1v) is 10.1. The van der Waals surface area contributed by atoms with Crippen molar-refractivity contribution in [1.29, 1.82) is 0 Å². The summed E-state index contributed by atoms with van der Waals surface area (Å²) in [7, 11) is 0. The van der Waals surface area contributed by atoms with Crippen LogP contribution in [0.1, 0.15) is 38.4 Å². The Morgan fingerprint density at radius 3 is 2.14 bits per heavy atom. The molecule has 0 N–H and O–H groups in total. The Labute approximate surface area is 196 Å². The zero-order chi connectivity index (χ0) is 26.1. The molecule has 182 valence electrons. The van der Waals surface area contributed by atoms with Crippen LogP contribution in [0, 0.1) is 41.0 Å². The first kappa shape index (κ1) is 25.3. The van der Waals surface area contributed by atoms with E-state index in [1.165, 1.54) is 19.2 Å². The number of benzene rings is 2. The number of aliphatic imine (C=N–C) groups is 1. The van der Waals surface area contributed by atoms with Crippen LogP contribution in [0.3, 0.4) is 0 Å². The van der Waals surface area contributed by atoms with Crippen LogP contribution in [-0.2, 0) is 6.18 Å². The Morgan fingerprint density at radius 2 is 1.60 bits per heavy atom. The summed E-state index contributed by atoms with van der Waals surface area (Å²) in [5.74, 6) is -0.671. The lowest BCUT2D eigenvalue weighted by Crippen LogP contribution is -2.09. The number of nitrogens with zero attached hydrogens (tertiary/aromatic N) is 4. The number of aryl methyl sites for hydroxylation is 2. The van der Waals surface area contributed by atoms with E-state index in [9.17, 15) is 38.2 Å². The summed E-state index contributed by atoms with van der Waals surface area (Å²) in [5.41, 5.74) is 0.0423. The molecule has 12 heteroatoms. The van der Waals surface area contributed by atoms with Crippen molar-refractivity contribution in [2.45, 2.75) is 26.9 Å². The van der Waals surface area contributed by atoms with E-state index in [2.05, 4.69) is 4.99 Å². The Balaban J connectivity index is 1.87. The number of aromatic nitrogens is 1. The van der Waals surface area contributed by atoms with Crippen LogP contribution in [0.2, 0.25) is 0 Å². The van der Waals surface area contributed by atoms with E-state index >= 15 is 0 Å². The predicted molar refractivity (Wildman–Crippen MR) is 122 cm³/mol. The van der Waals surface area contributed by atoms with Gasteiger partial charge >= 0.3 is 6.18 Å². The second kappa shape index (κ2) is 9.49. The first-order chi connectivity index (χ1) is 16.3. The standard InChI is InChI=1S/C23H19F3N4O5/c1-13-4-5-18(10-21(13)23(24,25)26)28-14(2)6-17(15(28)3)11-27-12-22(31)16-7-19(29(32)33)9-20(8-16)30(34)35/h4-11H,12H2,1-3H3. The number of carbonyl (C=O) groups is 1. The number of hydrogen-bond donors (Lipinski definition) is 0. The maximum Gasteiger partial charge on any atom is 0.416 e. The quantitative estimate of drug-likeness (QED) is 0.187. The summed E-state index contributed by atoms with van der Waals surface area (Å²) in [5, 5.41) is 22.0. The number of rotatable bonds is 7. The molecule has 0 saturated carbocycles. The van der Waals surface area contributed by atoms with Gasteiger partial charge < -0.3 is 4.57 Å². The maximum absolute atomic E-state index is 13.3. The molecule has 9 nitrogen and oxygen atoms in total. The van der Waals surface area contributed by atoms with Crippen LogP contribution < -0.4 is 0 Å². The van der Waals surface area contributed by atoms with E-state index in [-0.39, 0.29) is 11.1 Å². The van der Waals surface area contributed by atoms with Crippen molar-refractivity contribution in [2.24, 2.45) is 4.99 Å². The molecule has 0 amide bonds. The lowest BCUT2D eigenvalue weighted by atomic mass is 10.1. The van der Waals surface area contributed by atoms with Crippen molar-refractivity contribution in [3.05, 3.63) is 96.3 Å². The van der Waals surface area contributed by atoms with Crippen LogP contribution in [0.5, 0.6) is 0 Å². The van der Waals surface area contributed by atoms with Crippen molar-refractivity contribution in [3.8, 4) is 5.69 Å². The van der Waals surface area contributed by atoms with Gasteiger partial charge in [0.15, 0.2) is 5.78 Å². The van der Waals surface area contributed by atoms with Gasteiger partial charge in [0.1, 0.15) is 6.54 Å². The second-order valence-corrected chi connectivity index (χ2v) is 7.80. The van der Waals surface area contributed by atoms with Gasteiger partial charge in [-0.1, -0.05) is 6.07 Å². The molecule has 0 saturated heterocycles. The van der Waals surface area contributed by atoms with Gasteiger partial charge in [0, 0.05) is 46.5 Å². The number of hydrogen-bond acceptors (Lipinski definition) is 6. The largest absolute Gasteiger partial charge is 0.416 e. The highest BCUT2D eigenvalue weighted by molar-refractivity contribution is 6.00. The highest BCUT2D eigenvalue weighted by Crippen LogP contribution is 2.34. The summed E-state index contributed by atoms with van der Waals surface area (Å²) in [6.45, 7) is 4.34. The molecule has 1 aromatic heterocycles. The predicted octanol–water partition coefficient (Wildman–Crippen LogP) is 5.54. The summed E-state index contributed by atoms with van der Waals surface area (Å²) < 4.78 is 41.6. The molecule has 0 atom stereocenters. The van der Waals surface area contributed by atoms with Gasteiger partial charge in [-0.3, -0.25) is 30.0 Å². The summed E-state index contributed by atoms with van der Waals surface area (Å²) in [4.78, 5) is 36.8. The summed E-state index contributed by atoms with van der Waals surface area (Å²) in [6, 6.07) is 8.35. The molecule has 0 aliphatic rings. The van der Waals surface area contributed by atoms with Crippen LogP contribution in [0.15, 0.2) is 47.5 Å². The van der Waals surface area contributed by atoms with Crippen LogP contribution in [0.4, 0.5) is 24.5 Å². The van der Waals surface area contributed by atoms with E-state index in [4.69, 9.17) is 0 Å². The number of nitro benzene ring substituents is 2. The summed E-state index contributed by atoms with van der Waals surface area (Å²) in [6.07, 6.45) is -3.14. The van der Waals surface area contributed by atoms with E-state index in [0.717, 1.165) is 24.3 Å². The fraction of sp³-hybridized carbons (Fsp3) is 0.217. The zero-order valence-corrected chi connectivity index (χ0v) is 18.8.